The Hall–Kier alpha value is -2.37. The van der Waals surface area contributed by atoms with Crippen molar-refractivity contribution in [3.8, 4) is 0 Å². The third-order valence-electron chi connectivity index (χ3n) is 5.87. The van der Waals surface area contributed by atoms with Gasteiger partial charge in [0.25, 0.3) is 0 Å². The molecule has 1 aliphatic rings. The van der Waals surface area contributed by atoms with E-state index in [1.54, 1.807) is 12.1 Å². The molecule has 1 aromatic heterocycles. The number of aromatic amines is 1. The Kier molecular flexibility index (Phi) is 6.16. The Labute approximate surface area is 175 Å². The van der Waals surface area contributed by atoms with Crippen LogP contribution in [0.1, 0.15) is 36.0 Å². The molecule has 2 aromatic carbocycles. The SMILES string of the molecule is O=C(CC1CCN(CCCn2c(=O)[nH]c3ccccc32)CC1)c1cccc(Cl)c1. The highest BCUT2D eigenvalue weighted by molar-refractivity contribution is 6.31. The van der Waals surface area contributed by atoms with Crippen molar-refractivity contribution in [2.45, 2.75) is 32.2 Å². The van der Waals surface area contributed by atoms with Gasteiger partial charge in [-0.2, -0.15) is 0 Å². The van der Waals surface area contributed by atoms with E-state index in [1.807, 2.05) is 41.0 Å². The van der Waals surface area contributed by atoms with Crippen LogP contribution in [0.3, 0.4) is 0 Å². The van der Waals surface area contributed by atoms with Crippen LogP contribution < -0.4 is 5.69 Å². The Morgan fingerprint density at radius 2 is 1.86 bits per heavy atom. The van der Waals surface area contributed by atoms with E-state index in [0.717, 1.165) is 56.5 Å². The van der Waals surface area contributed by atoms with Crippen LogP contribution >= 0.6 is 11.6 Å². The van der Waals surface area contributed by atoms with E-state index < -0.39 is 0 Å². The first-order valence-corrected chi connectivity index (χ1v) is 10.7. The van der Waals surface area contributed by atoms with Crippen LogP contribution in [0.5, 0.6) is 0 Å². The van der Waals surface area contributed by atoms with Crippen LogP contribution in [0.25, 0.3) is 11.0 Å². The summed E-state index contributed by atoms with van der Waals surface area (Å²) in [5, 5.41) is 0.611. The lowest BCUT2D eigenvalue weighted by Gasteiger charge is -2.31. The van der Waals surface area contributed by atoms with Crippen molar-refractivity contribution in [2.75, 3.05) is 19.6 Å². The van der Waals surface area contributed by atoms with Crippen LogP contribution in [-0.4, -0.2) is 39.9 Å². The Morgan fingerprint density at radius 3 is 2.66 bits per heavy atom. The van der Waals surface area contributed by atoms with Gasteiger partial charge in [-0.3, -0.25) is 9.36 Å². The highest BCUT2D eigenvalue weighted by Crippen LogP contribution is 2.23. The van der Waals surface area contributed by atoms with Crippen molar-refractivity contribution in [2.24, 2.45) is 5.92 Å². The molecule has 0 amide bonds. The van der Waals surface area contributed by atoms with Gasteiger partial charge in [-0.25, -0.2) is 4.79 Å². The molecule has 3 aromatic rings. The number of para-hydroxylation sites is 2. The van der Waals surface area contributed by atoms with Gasteiger partial charge >= 0.3 is 5.69 Å². The third-order valence-corrected chi connectivity index (χ3v) is 6.10. The fourth-order valence-electron chi connectivity index (χ4n) is 4.24. The van der Waals surface area contributed by atoms with Gasteiger partial charge in [0.05, 0.1) is 11.0 Å². The maximum absolute atomic E-state index is 12.5. The first-order chi connectivity index (χ1) is 14.1. The number of fused-ring (bicyclic) bond motifs is 1. The molecule has 0 saturated carbocycles. The molecule has 0 aliphatic carbocycles. The van der Waals surface area contributed by atoms with Crippen molar-refractivity contribution in [3.05, 3.63) is 69.6 Å². The lowest BCUT2D eigenvalue weighted by Crippen LogP contribution is -2.35. The van der Waals surface area contributed by atoms with Crippen LogP contribution in [0.4, 0.5) is 0 Å². The van der Waals surface area contributed by atoms with Gasteiger partial charge in [0.15, 0.2) is 5.78 Å². The van der Waals surface area contributed by atoms with E-state index in [-0.39, 0.29) is 11.5 Å². The number of benzene rings is 2. The van der Waals surface area contributed by atoms with Crippen LogP contribution in [0.2, 0.25) is 5.02 Å². The fraction of sp³-hybridized carbons (Fsp3) is 0.391. The molecular formula is C23H26ClN3O2. The number of carbonyl (C=O) groups is 1. The van der Waals surface area contributed by atoms with Gasteiger partial charge in [0.1, 0.15) is 0 Å². The highest BCUT2D eigenvalue weighted by Gasteiger charge is 2.22. The molecule has 2 heterocycles. The maximum Gasteiger partial charge on any atom is 0.326 e. The van der Waals surface area contributed by atoms with Gasteiger partial charge in [0.2, 0.25) is 0 Å². The Morgan fingerprint density at radius 1 is 1.07 bits per heavy atom. The highest BCUT2D eigenvalue weighted by atomic mass is 35.5. The van der Waals surface area contributed by atoms with E-state index >= 15 is 0 Å². The summed E-state index contributed by atoms with van der Waals surface area (Å²) in [6.07, 6.45) is 3.62. The number of hydrogen-bond acceptors (Lipinski definition) is 3. The molecule has 0 atom stereocenters. The number of likely N-dealkylation sites (tertiary alicyclic amines) is 1. The number of hydrogen-bond donors (Lipinski definition) is 1. The predicted octanol–water partition coefficient (Wildman–Crippen LogP) is 4.36. The van der Waals surface area contributed by atoms with E-state index in [1.165, 1.54) is 0 Å². The standard InChI is InChI=1S/C23H26ClN3O2/c24-19-6-3-5-18(16-19)22(28)15-17-9-13-26(14-10-17)11-4-12-27-21-8-2-1-7-20(21)25-23(27)29/h1-3,5-8,16-17H,4,9-15H2,(H,25,29). The summed E-state index contributed by atoms with van der Waals surface area (Å²) in [4.78, 5) is 30.0. The smallest absolute Gasteiger partial charge is 0.306 e. The molecule has 0 unspecified atom stereocenters. The summed E-state index contributed by atoms with van der Waals surface area (Å²) in [6, 6.07) is 15.0. The summed E-state index contributed by atoms with van der Waals surface area (Å²) in [5.41, 5.74) is 2.53. The number of nitrogens with one attached hydrogen (secondary N) is 1. The number of H-pyrrole nitrogens is 1. The molecular weight excluding hydrogens is 386 g/mol. The zero-order chi connectivity index (χ0) is 20.2. The number of ketones is 1. The number of imidazole rings is 1. The Balaban J connectivity index is 1.23. The van der Waals surface area contributed by atoms with Gasteiger partial charge < -0.3 is 9.88 Å². The monoisotopic (exact) mass is 411 g/mol. The second-order valence-corrected chi connectivity index (χ2v) is 8.31. The predicted molar refractivity (Wildman–Crippen MR) is 117 cm³/mol. The zero-order valence-corrected chi connectivity index (χ0v) is 17.2. The summed E-state index contributed by atoms with van der Waals surface area (Å²) < 4.78 is 1.83. The summed E-state index contributed by atoms with van der Waals surface area (Å²) in [5.74, 6) is 0.624. The van der Waals surface area contributed by atoms with Gasteiger partial charge in [-0.1, -0.05) is 35.9 Å². The van der Waals surface area contributed by atoms with Crippen molar-refractivity contribution in [1.29, 1.82) is 0 Å². The molecule has 1 fully saturated rings. The largest absolute Gasteiger partial charge is 0.326 e. The molecule has 1 aliphatic heterocycles. The fourth-order valence-corrected chi connectivity index (χ4v) is 4.43. The number of rotatable bonds is 7. The second kappa shape index (κ2) is 8.97. The zero-order valence-electron chi connectivity index (χ0n) is 16.4. The van der Waals surface area contributed by atoms with E-state index in [9.17, 15) is 9.59 Å². The molecule has 5 nitrogen and oxygen atoms in total. The van der Waals surface area contributed by atoms with Crippen molar-refractivity contribution in [1.82, 2.24) is 14.5 Å². The van der Waals surface area contributed by atoms with Gasteiger partial charge in [-0.05, 0) is 69.1 Å². The van der Waals surface area contributed by atoms with Crippen LogP contribution in [0.15, 0.2) is 53.3 Å². The first-order valence-electron chi connectivity index (χ1n) is 10.3. The minimum absolute atomic E-state index is 0.0376. The number of carbonyl (C=O) groups excluding carboxylic acids is 1. The van der Waals surface area contributed by atoms with Crippen LogP contribution in [-0.2, 0) is 6.54 Å². The number of nitrogens with zero attached hydrogens (tertiary/aromatic N) is 2. The lowest BCUT2D eigenvalue weighted by molar-refractivity contribution is 0.0927. The summed E-state index contributed by atoms with van der Waals surface area (Å²) >= 11 is 6.00. The van der Waals surface area contributed by atoms with Crippen molar-refractivity contribution >= 4 is 28.4 Å². The van der Waals surface area contributed by atoms with Crippen molar-refractivity contribution in [3.63, 3.8) is 0 Å². The molecule has 29 heavy (non-hydrogen) atoms. The van der Waals surface area contributed by atoms with Gasteiger partial charge in [-0.15, -0.1) is 0 Å². The quantitative estimate of drug-likeness (QED) is 0.588. The molecule has 0 bridgehead atoms. The first kappa shape index (κ1) is 19.9. The molecule has 4 rings (SSSR count). The molecule has 1 N–H and O–H groups in total. The molecule has 152 valence electrons. The third kappa shape index (κ3) is 4.80. The van der Waals surface area contributed by atoms with Gasteiger partial charge in [0, 0.05) is 23.6 Å². The van der Waals surface area contributed by atoms with E-state index in [0.29, 0.717) is 22.9 Å². The molecule has 6 heteroatoms. The molecule has 0 spiro atoms. The topological polar surface area (TPSA) is 58.1 Å². The molecule has 0 radical (unpaired) electrons. The Bertz CT molecular complexity index is 1050. The normalized spacial score (nSPS) is 15.8. The number of Topliss-reactive ketones (excluding diaryl/α,β-unsaturated/α-hetero) is 1. The summed E-state index contributed by atoms with van der Waals surface area (Å²) in [6.45, 7) is 3.71. The number of halogens is 1. The summed E-state index contributed by atoms with van der Waals surface area (Å²) in [7, 11) is 0. The van der Waals surface area contributed by atoms with E-state index in [4.69, 9.17) is 11.6 Å². The minimum atomic E-state index is -0.0376. The number of piperidine rings is 1. The number of aromatic nitrogens is 2. The van der Waals surface area contributed by atoms with Crippen molar-refractivity contribution < 1.29 is 4.79 Å². The molecule has 1 saturated heterocycles. The lowest BCUT2D eigenvalue weighted by atomic mass is 9.90. The average molecular weight is 412 g/mol. The van der Waals surface area contributed by atoms with Crippen LogP contribution in [0, 0.1) is 5.92 Å². The number of aryl methyl sites for hydroxylation is 1. The minimum Gasteiger partial charge on any atom is -0.306 e. The maximum atomic E-state index is 12.5. The van der Waals surface area contributed by atoms with E-state index in [2.05, 4.69) is 9.88 Å². The average Bonchev–Trinajstić information content (AvgIpc) is 3.04. The second-order valence-electron chi connectivity index (χ2n) is 7.88.